The number of benzene rings is 1. The Hall–Kier alpha value is -1.06. The van der Waals surface area contributed by atoms with Crippen molar-refractivity contribution >= 4 is 13.2 Å². The molecule has 1 saturated heterocycles. The molecule has 102 valence electrons. The van der Waals surface area contributed by atoms with E-state index in [1.54, 1.807) is 0 Å². The molecule has 1 aromatic carbocycles. The molecule has 0 N–H and O–H groups in total. The van der Waals surface area contributed by atoms with Crippen LogP contribution in [0.25, 0.3) is 6.08 Å². The van der Waals surface area contributed by atoms with Gasteiger partial charge in [0.1, 0.15) is 0 Å². The number of hydrogen-bond acceptors (Lipinski definition) is 2. The Morgan fingerprint density at radius 3 is 2.11 bits per heavy atom. The zero-order valence-electron chi connectivity index (χ0n) is 12.8. The largest absolute Gasteiger partial charge is 0.487 e. The van der Waals surface area contributed by atoms with Gasteiger partial charge in [0, 0.05) is 0 Å². The number of hydrogen-bond donors (Lipinski definition) is 0. The Kier molecular flexibility index (Phi) is 3.63. The van der Waals surface area contributed by atoms with Crippen LogP contribution in [0, 0.1) is 13.8 Å². The minimum absolute atomic E-state index is 0.272. The molecule has 1 aliphatic rings. The van der Waals surface area contributed by atoms with Gasteiger partial charge in [-0.15, -0.1) is 0 Å². The lowest BCUT2D eigenvalue weighted by Gasteiger charge is -2.32. The van der Waals surface area contributed by atoms with Crippen molar-refractivity contribution in [1.82, 2.24) is 0 Å². The molecule has 3 heteroatoms. The summed E-state index contributed by atoms with van der Waals surface area (Å²) in [4.78, 5) is 0. The van der Waals surface area contributed by atoms with Gasteiger partial charge in [-0.2, -0.15) is 0 Å². The van der Waals surface area contributed by atoms with Gasteiger partial charge in [0.15, 0.2) is 0 Å². The summed E-state index contributed by atoms with van der Waals surface area (Å²) in [6.45, 7) is 12.5. The van der Waals surface area contributed by atoms with Crippen molar-refractivity contribution in [2.45, 2.75) is 52.7 Å². The molecule has 0 amide bonds. The van der Waals surface area contributed by atoms with Crippen molar-refractivity contribution in [3.63, 3.8) is 0 Å². The maximum Gasteiger partial charge on any atom is 0.487 e. The van der Waals surface area contributed by atoms with Crippen LogP contribution in [-0.2, 0) is 9.31 Å². The quantitative estimate of drug-likeness (QED) is 0.748. The van der Waals surface area contributed by atoms with Crippen LogP contribution in [0.4, 0.5) is 0 Å². The van der Waals surface area contributed by atoms with Crippen molar-refractivity contribution in [3.8, 4) is 0 Å². The van der Waals surface area contributed by atoms with Gasteiger partial charge in [0.2, 0.25) is 0 Å². The maximum absolute atomic E-state index is 5.94. The van der Waals surface area contributed by atoms with Crippen LogP contribution in [-0.4, -0.2) is 18.3 Å². The molecule has 0 radical (unpaired) electrons. The van der Waals surface area contributed by atoms with Crippen molar-refractivity contribution in [2.24, 2.45) is 0 Å². The van der Waals surface area contributed by atoms with Crippen molar-refractivity contribution < 1.29 is 9.31 Å². The van der Waals surface area contributed by atoms with Gasteiger partial charge in [-0.05, 0) is 52.7 Å². The van der Waals surface area contributed by atoms with E-state index in [-0.39, 0.29) is 18.3 Å². The minimum atomic E-state index is -0.273. The molecule has 1 heterocycles. The fourth-order valence-electron chi connectivity index (χ4n) is 2.16. The highest BCUT2D eigenvalue weighted by Crippen LogP contribution is 2.37. The highest BCUT2D eigenvalue weighted by Gasteiger charge is 2.49. The highest BCUT2D eigenvalue weighted by molar-refractivity contribution is 6.52. The summed E-state index contributed by atoms with van der Waals surface area (Å²) in [5.41, 5.74) is 3.22. The Morgan fingerprint density at radius 2 is 1.58 bits per heavy atom. The second-order valence-electron chi connectivity index (χ2n) is 6.34. The van der Waals surface area contributed by atoms with E-state index in [9.17, 15) is 0 Å². The molecule has 0 spiro atoms. The predicted molar refractivity (Wildman–Crippen MR) is 81.0 cm³/mol. The standard InChI is InChI=1S/C16H23BO2/c1-12-7-8-14(13(2)11-12)9-10-17-18-15(3,4)16(5,6)19-17/h7-11H,1-6H3/b10-9+. The average Bonchev–Trinajstić information content (AvgIpc) is 2.46. The van der Waals surface area contributed by atoms with E-state index in [1.165, 1.54) is 16.7 Å². The van der Waals surface area contributed by atoms with Crippen molar-refractivity contribution in [3.05, 3.63) is 40.9 Å². The monoisotopic (exact) mass is 258 g/mol. The van der Waals surface area contributed by atoms with Crippen molar-refractivity contribution in [1.29, 1.82) is 0 Å². The summed E-state index contributed by atoms with van der Waals surface area (Å²) in [5, 5.41) is 0. The van der Waals surface area contributed by atoms with Crippen LogP contribution in [0.1, 0.15) is 44.4 Å². The zero-order chi connectivity index (χ0) is 14.3. The summed E-state index contributed by atoms with van der Waals surface area (Å²) in [5.74, 6) is 1.99. The van der Waals surface area contributed by atoms with Crippen LogP contribution in [0.3, 0.4) is 0 Å². The molecule has 0 atom stereocenters. The minimum Gasteiger partial charge on any atom is -0.400 e. The molecule has 0 saturated carbocycles. The number of rotatable bonds is 2. The Labute approximate surface area is 117 Å². The average molecular weight is 258 g/mol. The lowest BCUT2D eigenvalue weighted by atomic mass is 9.88. The molecule has 0 aromatic heterocycles. The van der Waals surface area contributed by atoms with Crippen LogP contribution >= 0.6 is 0 Å². The van der Waals surface area contributed by atoms with E-state index in [0.717, 1.165) is 0 Å². The SMILES string of the molecule is Cc1ccc(/C=C/B2OC(C)(C)C(C)(C)O2)c(C)c1. The zero-order valence-corrected chi connectivity index (χ0v) is 12.8. The molecule has 0 unspecified atom stereocenters. The Morgan fingerprint density at radius 1 is 1.00 bits per heavy atom. The summed E-state index contributed by atoms with van der Waals surface area (Å²) in [7, 11) is -0.272. The topological polar surface area (TPSA) is 18.5 Å². The molecular weight excluding hydrogens is 235 g/mol. The predicted octanol–water partition coefficient (Wildman–Crippen LogP) is 3.95. The second-order valence-corrected chi connectivity index (χ2v) is 6.34. The van der Waals surface area contributed by atoms with Gasteiger partial charge in [-0.25, -0.2) is 0 Å². The van der Waals surface area contributed by atoms with Gasteiger partial charge in [-0.1, -0.05) is 35.8 Å². The van der Waals surface area contributed by atoms with Gasteiger partial charge in [0.25, 0.3) is 0 Å². The maximum atomic E-state index is 5.94. The molecule has 0 bridgehead atoms. The first kappa shape index (κ1) is 14.4. The van der Waals surface area contributed by atoms with E-state index < -0.39 is 0 Å². The summed E-state index contributed by atoms with van der Waals surface area (Å²) in [6, 6.07) is 6.44. The highest BCUT2D eigenvalue weighted by atomic mass is 16.7. The van der Waals surface area contributed by atoms with E-state index >= 15 is 0 Å². The van der Waals surface area contributed by atoms with Crippen LogP contribution in [0.5, 0.6) is 0 Å². The molecular formula is C16H23BO2. The second kappa shape index (κ2) is 4.80. The third-order valence-corrected chi connectivity index (χ3v) is 4.13. The van der Waals surface area contributed by atoms with Crippen molar-refractivity contribution in [2.75, 3.05) is 0 Å². The Bertz CT molecular complexity index is 487. The summed E-state index contributed by atoms with van der Waals surface area (Å²) in [6.07, 6.45) is 2.08. The van der Waals surface area contributed by atoms with Crippen LogP contribution < -0.4 is 0 Å². The lowest BCUT2D eigenvalue weighted by molar-refractivity contribution is 0.00578. The molecule has 1 aliphatic heterocycles. The molecule has 19 heavy (non-hydrogen) atoms. The molecule has 0 aliphatic carbocycles. The fourth-order valence-corrected chi connectivity index (χ4v) is 2.16. The van der Waals surface area contributed by atoms with Gasteiger partial charge < -0.3 is 9.31 Å². The summed E-state index contributed by atoms with van der Waals surface area (Å²) >= 11 is 0. The molecule has 1 aromatic rings. The smallest absolute Gasteiger partial charge is 0.400 e. The Balaban J connectivity index is 2.13. The third kappa shape index (κ3) is 2.93. The molecule has 2 nitrogen and oxygen atoms in total. The third-order valence-electron chi connectivity index (χ3n) is 4.13. The van der Waals surface area contributed by atoms with Crippen LogP contribution in [0.2, 0.25) is 0 Å². The van der Waals surface area contributed by atoms with Gasteiger partial charge >= 0.3 is 7.12 Å². The first-order valence-electron chi connectivity index (χ1n) is 6.82. The normalized spacial score (nSPS) is 21.3. The fraction of sp³-hybridized carbons (Fsp3) is 0.500. The van der Waals surface area contributed by atoms with E-state index in [4.69, 9.17) is 9.31 Å². The van der Waals surface area contributed by atoms with E-state index in [1.807, 2.05) is 5.98 Å². The van der Waals surface area contributed by atoms with E-state index in [0.29, 0.717) is 0 Å². The molecule has 1 fully saturated rings. The first-order valence-corrected chi connectivity index (χ1v) is 6.82. The summed E-state index contributed by atoms with van der Waals surface area (Å²) < 4.78 is 11.9. The van der Waals surface area contributed by atoms with E-state index in [2.05, 4.69) is 65.8 Å². The van der Waals surface area contributed by atoms with Gasteiger partial charge in [-0.3, -0.25) is 0 Å². The molecule has 2 rings (SSSR count). The number of aryl methyl sites for hydroxylation is 2. The van der Waals surface area contributed by atoms with Gasteiger partial charge in [0.05, 0.1) is 11.2 Å². The lowest BCUT2D eigenvalue weighted by Crippen LogP contribution is -2.41. The first-order chi connectivity index (χ1) is 8.71. The van der Waals surface area contributed by atoms with Crippen LogP contribution in [0.15, 0.2) is 24.2 Å².